The molecule has 104 valence electrons. The van der Waals surface area contributed by atoms with Gasteiger partial charge in [0.1, 0.15) is 4.90 Å². The second kappa shape index (κ2) is 5.49. The van der Waals surface area contributed by atoms with Gasteiger partial charge in [-0.1, -0.05) is 18.2 Å². The number of hydrogen-bond donors (Lipinski definition) is 2. The van der Waals surface area contributed by atoms with E-state index in [-0.39, 0.29) is 9.77 Å². The first-order chi connectivity index (χ1) is 8.95. The van der Waals surface area contributed by atoms with Gasteiger partial charge in [-0.2, -0.15) is 0 Å². The fourth-order valence-electron chi connectivity index (χ4n) is 1.72. The topological polar surface area (TPSA) is 66.4 Å². The molecule has 0 aliphatic heterocycles. The largest absolute Gasteiger partial charge is 0.391 e. The Morgan fingerprint density at radius 2 is 2.00 bits per heavy atom. The van der Waals surface area contributed by atoms with Gasteiger partial charge in [-0.25, -0.2) is 21.9 Å². The summed E-state index contributed by atoms with van der Waals surface area (Å²) in [5.41, 5.74) is 0. The molecule has 8 heteroatoms. The predicted molar refractivity (Wildman–Crippen MR) is 68.9 cm³/mol. The Hall–Kier alpha value is -1.09. The highest BCUT2D eigenvalue weighted by atomic mass is 32.2. The Bertz CT molecular complexity index is 682. The zero-order chi connectivity index (χ0) is 14.0. The van der Waals surface area contributed by atoms with Gasteiger partial charge in [0.05, 0.1) is 18.0 Å². The Balaban J connectivity index is 2.54. The molecule has 0 radical (unpaired) electrons. The summed E-state index contributed by atoms with van der Waals surface area (Å²) < 4.78 is 50.9. The zero-order valence-corrected chi connectivity index (χ0v) is 11.3. The second-order valence-corrected chi connectivity index (χ2v) is 6.59. The molecule has 19 heavy (non-hydrogen) atoms. The van der Waals surface area contributed by atoms with Crippen LogP contribution in [0.1, 0.15) is 4.88 Å². The number of aliphatic hydroxyl groups excluding tert-OH is 1. The summed E-state index contributed by atoms with van der Waals surface area (Å²) in [4.78, 5) is 0.124. The van der Waals surface area contributed by atoms with Crippen molar-refractivity contribution in [3.05, 3.63) is 29.1 Å². The van der Waals surface area contributed by atoms with Crippen LogP contribution in [0.3, 0.4) is 0 Å². The number of hydrogen-bond acceptors (Lipinski definition) is 4. The molecule has 2 rings (SSSR count). The molecule has 0 saturated carbocycles. The number of halogens is 2. The van der Waals surface area contributed by atoms with Crippen molar-refractivity contribution in [3.63, 3.8) is 0 Å². The number of fused-ring (bicyclic) bond motifs is 1. The maximum absolute atomic E-state index is 12.1. The molecule has 0 unspecified atom stereocenters. The van der Waals surface area contributed by atoms with Gasteiger partial charge in [0.2, 0.25) is 10.0 Å². The van der Waals surface area contributed by atoms with Crippen LogP contribution >= 0.6 is 11.3 Å². The Morgan fingerprint density at radius 3 is 2.63 bits per heavy atom. The van der Waals surface area contributed by atoms with Crippen molar-refractivity contribution in [2.24, 2.45) is 0 Å². The van der Waals surface area contributed by atoms with Crippen LogP contribution in [0.5, 0.6) is 0 Å². The molecule has 0 atom stereocenters. The Kier molecular flexibility index (Phi) is 4.14. The molecule has 2 aromatic rings. The number of nitrogens with one attached hydrogen (secondary N) is 1. The van der Waals surface area contributed by atoms with E-state index < -0.39 is 29.6 Å². The second-order valence-electron chi connectivity index (χ2n) is 3.75. The standard InChI is InChI=1S/C11H11F2NO3S2/c12-10(13)5-14-19(16,17)11-7-3-1-2-4-8(7)18-9(11)6-15/h1-4,10,14-15H,5-6H2. The molecule has 4 nitrogen and oxygen atoms in total. The van der Waals surface area contributed by atoms with E-state index in [1.807, 2.05) is 4.72 Å². The number of aliphatic hydroxyl groups is 1. The minimum absolute atomic E-state index is 0.115. The molecule has 1 aromatic heterocycles. The third kappa shape index (κ3) is 2.92. The van der Waals surface area contributed by atoms with Crippen LogP contribution in [0.15, 0.2) is 29.2 Å². The van der Waals surface area contributed by atoms with Crippen LogP contribution in [0.2, 0.25) is 0 Å². The summed E-state index contributed by atoms with van der Waals surface area (Å²) in [7, 11) is -4.06. The molecule has 0 fully saturated rings. The van der Waals surface area contributed by atoms with E-state index in [2.05, 4.69) is 0 Å². The molecule has 2 N–H and O–H groups in total. The highest BCUT2D eigenvalue weighted by Gasteiger charge is 2.24. The van der Waals surface area contributed by atoms with Crippen LogP contribution in [0.25, 0.3) is 10.1 Å². The van der Waals surface area contributed by atoms with Crippen molar-refractivity contribution < 1.29 is 22.3 Å². The number of rotatable bonds is 5. The fourth-order valence-corrected chi connectivity index (χ4v) is 4.52. The highest BCUT2D eigenvalue weighted by molar-refractivity contribution is 7.90. The van der Waals surface area contributed by atoms with Gasteiger partial charge in [-0.15, -0.1) is 11.3 Å². The third-order valence-corrected chi connectivity index (χ3v) is 5.29. The van der Waals surface area contributed by atoms with Gasteiger partial charge in [-0.05, 0) is 6.07 Å². The van der Waals surface area contributed by atoms with E-state index in [9.17, 15) is 22.3 Å². The molecule has 1 aromatic carbocycles. The number of benzene rings is 1. The Labute approximate surface area is 112 Å². The molecule has 0 saturated heterocycles. The van der Waals surface area contributed by atoms with Crippen molar-refractivity contribution in [1.29, 1.82) is 0 Å². The summed E-state index contributed by atoms with van der Waals surface area (Å²) in [5, 5.41) is 9.66. The molecule has 1 heterocycles. The van der Waals surface area contributed by atoms with Crippen molar-refractivity contribution in [2.75, 3.05) is 6.54 Å². The van der Waals surface area contributed by atoms with E-state index in [0.29, 0.717) is 10.1 Å². The number of sulfonamides is 1. The lowest BCUT2D eigenvalue weighted by atomic mass is 10.2. The smallest absolute Gasteiger partial charge is 0.251 e. The minimum Gasteiger partial charge on any atom is -0.391 e. The number of alkyl halides is 2. The molecular formula is C11H11F2NO3S2. The first-order valence-electron chi connectivity index (χ1n) is 5.35. The lowest BCUT2D eigenvalue weighted by Gasteiger charge is -2.07. The zero-order valence-electron chi connectivity index (χ0n) is 9.64. The van der Waals surface area contributed by atoms with Crippen molar-refractivity contribution in [1.82, 2.24) is 4.72 Å². The monoisotopic (exact) mass is 307 g/mol. The summed E-state index contributed by atoms with van der Waals surface area (Å²) in [6, 6.07) is 6.69. The molecule has 0 bridgehead atoms. The quantitative estimate of drug-likeness (QED) is 0.887. The van der Waals surface area contributed by atoms with Gasteiger partial charge in [0.25, 0.3) is 6.43 Å². The first kappa shape index (κ1) is 14.3. The molecule has 0 aliphatic rings. The lowest BCUT2D eigenvalue weighted by Crippen LogP contribution is -2.29. The summed E-state index contributed by atoms with van der Waals surface area (Å²) in [6.07, 6.45) is -2.77. The number of thiophene rings is 1. The van der Waals surface area contributed by atoms with Crippen LogP contribution in [-0.4, -0.2) is 26.5 Å². The van der Waals surface area contributed by atoms with Crippen LogP contribution in [0.4, 0.5) is 8.78 Å². The van der Waals surface area contributed by atoms with Crippen LogP contribution in [0, 0.1) is 0 Å². The van der Waals surface area contributed by atoms with Gasteiger partial charge < -0.3 is 5.11 Å². The fraction of sp³-hybridized carbons (Fsp3) is 0.273. The molecular weight excluding hydrogens is 296 g/mol. The van der Waals surface area contributed by atoms with Gasteiger partial charge >= 0.3 is 0 Å². The van der Waals surface area contributed by atoms with E-state index in [4.69, 9.17) is 0 Å². The van der Waals surface area contributed by atoms with E-state index in [1.165, 1.54) is 0 Å². The highest BCUT2D eigenvalue weighted by Crippen LogP contribution is 2.34. The van der Waals surface area contributed by atoms with E-state index in [1.54, 1.807) is 24.3 Å². The summed E-state index contributed by atoms with van der Waals surface area (Å²) in [6.45, 7) is -1.40. The normalized spacial score (nSPS) is 12.4. The maximum Gasteiger partial charge on any atom is 0.251 e. The molecule has 0 amide bonds. The lowest BCUT2D eigenvalue weighted by molar-refractivity contribution is 0.153. The predicted octanol–water partition coefficient (Wildman–Crippen LogP) is 1.94. The van der Waals surface area contributed by atoms with Crippen molar-refractivity contribution >= 4 is 31.4 Å². The van der Waals surface area contributed by atoms with Gasteiger partial charge in [0, 0.05) is 10.1 Å². The van der Waals surface area contributed by atoms with E-state index >= 15 is 0 Å². The van der Waals surface area contributed by atoms with Crippen molar-refractivity contribution in [3.8, 4) is 0 Å². The van der Waals surface area contributed by atoms with Gasteiger partial charge in [0.15, 0.2) is 0 Å². The summed E-state index contributed by atoms with van der Waals surface area (Å²) in [5.74, 6) is 0. The average Bonchev–Trinajstić information content (AvgIpc) is 2.75. The first-order valence-corrected chi connectivity index (χ1v) is 7.64. The van der Waals surface area contributed by atoms with Crippen molar-refractivity contribution in [2.45, 2.75) is 17.9 Å². The minimum atomic E-state index is -4.06. The van der Waals surface area contributed by atoms with Crippen LogP contribution < -0.4 is 4.72 Å². The molecule has 0 spiro atoms. The summed E-state index contributed by atoms with van der Waals surface area (Å²) >= 11 is 1.13. The van der Waals surface area contributed by atoms with Gasteiger partial charge in [-0.3, -0.25) is 0 Å². The maximum atomic E-state index is 12.1. The third-order valence-electron chi connectivity index (χ3n) is 2.46. The SMILES string of the molecule is O=S(=O)(NCC(F)F)c1c(CO)sc2ccccc12. The van der Waals surface area contributed by atoms with E-state index in [0.717, 1.165) is 11.3 Å². The van der Waals surface area contributed by atoms with Crippen LogP contribution in [-0.2, 0) is 16.6 Å². The Morgan fingerprint density at radius 1 is 1.32 bits per heavy atom. The molecule has 0 aliphatic carbocycles. The average molecular weight is 307 g/mol.